The Morgan fingerprint density at radius 2 is 2.03 bits per heavy atom. The van der Waals surface area contributed by atoms with Crippen molar-refractivity contribution in [2.24, 2.45) is 0 Å². The van der Waals surface area contributed by atoms with Gasteiger partial charge in [0.25, 0.3) is 5.91 Å². The summed E-state index contributed by atoms with van der Waals surface area (Å²) in [6.45, 7) is 4.06. The van der Waals surface area contributed by atoms with E-state index in [-0.39, 0.29) is 24.0 Å². The molecule has 2 aromatic heterocycles. The number of rotatable bonds is 5. The molecule has 0 aliphatic carbocycles. The average molecular weight is 489 g/mol. The van der Waals surface area contributed by atoms with Crippen LogP contribution in [0, 0.1) is 0 Å². The molecule has 2 aliphatic rings. The van der Waals surface area contributed by atoms with Gasteiger partial charge in [0, 0.05) is 44.2 Å². The summed E-state index contributed by atoms with van der Waals surface area (Å²) in [6.07, 6.45) is 0.548. The number of aryl methyl sites for hydroxylation is 1. The van der Waals surface area contributed by atoms with E-state index < -0.39 is 17.6 Å². The lowest BCUT2D eigenvalue weighted by molar-refractivity contribution is -0.138. The third-order valence-corrected chi connectivity index (χ3v) is 6.61. The standard InChI is InChI=1S/C24H26F3N5O3/c1-3-32-22-16(13-29-32)21(30-15-5-8-35-9-6-15)17(12-28-22)23(33)31-7-4-14-10-20(34-2)18(11-19(14)31)24(25,26)27/h10-13,15H,3-9H2,1-2H3,(H,28,30). The normalized spacial score (nSPS) is 16.5. The van der Waals surface area contributed by atoms with Crippen molar-refractivity contribution in [3.63, 3.8) is 0 Å². The highest BCUT2D eigenvalue weighted by molar-refractivity contribution is 6.14. The van der Waals surface area contributed by atoms with Crippen molar-refractivity contribution >= 4 is 28.3 Å². The molecule has 1 amide bonds. The Morgan fingerprint density at radius 3 is 2.71 bits per heavy atom. The van der Waals surface area contributed by atoms with Gasteiger partial charge in [0.1, 0.15) is 5.75 Å². The average Bonchev–Trinajstić information content (AvgIpc) is 3.47. The van der Waals surface area contributed by atoms with Gasteiger partial charge < -0.3 is 19.7 Å². The highest BCUT2D eigenvalue weighted by Crippen LogP contribution is 2.43. The summed E-state index contributed by atoms with van der Waals surface area (Å²) in [7, 11) is 1.21. The zero-order valence-corrected chi connectivity index (χ0v) is 19.5. The van der Waals surface area contributed by atoms with E-state index in [2.05, 4.69) is 15.4 Å². The molecule has 1 aromatic carbocycles. The Bertz CT molecular complexity index is 1270. The van der Waals surface area contributed by atoms with E-state index in [0.717, 1.165) is 18.9 Å². The van der Waals surface area contributed by atoms with E-state index >= 15 is 0 Å². The number of benzene rings is 1. The minimum atomic E-state index is -4.61. The Hall–Kier alpha value is -3.34. The predicted octanol–water partition coefficient (Wildman–Crippen LogP) is 4.27. The molecule has 1 fully saturated rings. The number of fused-ring (bicyclic) bond motifs is 2. The number of methoxy groups -OCH3 is 1. The lowest BCUT2D eigenvalue weighted by Gasteiger charge is -2.26. The second-order valence-corrected chi connectivity index (χ2v) is 8.66. The van der Waals surface area contributed by atoms with Crippen molar-refractivity contribution in [3.05, 3.63) is 41.2 Å². The summed E-state index contributed by atoms with van der Waals surface area (Å²) >= 11 is 0. The van der Waals surface area contributed by atoms with Gasteiger partial charge in [-0.25, -0.2) is 9.67 Å². The number of nitrogens with zero attached hydrogens (tertiary/aromatic N) is 4. The quantitative estimate of drug-likeness (QED) is 0.577. The fourth-order valence-corrected chi connectivity index (χ4v) is 4.78. The predicted molar refractivity (Wildman–Crippen MR) is 124 cm³/mol. The van der Waals surface area contributed by atoms with Gasteiger partial charge in [-0.1, -0.05) is 0 Å². The fourth-order valence-electron chi connectivity index (χ4n) is 4.78. The Labute approximate surface area is 200 Å². The van der Waals surface area contributed by atoms with Gasteiger partial charge >= 0.3 is 6.18 Å². The maximum atomic E-state index is 13.8. The number of carbonyl (C=O) groups is 1. The van der Waals surface area contributed by atoms with E-state index in [1.165, 1.54) is 24.3 Å². The molecule has 0 spiro atoms. The number of halogens is 3. The minimum Gasteiger partial charge on any atom is -0.496 e. The van der Waals surface area contributed by atoms with Crippen molar-refractivity contribution < 1.29 is 27.4 Å². The zero-order chi connectivity index (χ0) is 24.7. The number of aromatic nitrogens is 3. The summed E-state index contributed by atoms with van der Waals surface area (Å²) in [6, 6.07) is 2.48. The van der Waals surface area contributed by atoms with Crippen molar-refractivity contribution in [1.29, 1.82) is 0 Å². The Balaban J connectivity index is 1.57. The number of carbonyl (C=O) groups excluding carboxylic acids is 1. The molecule has 35 heavy (non-hydrogen) atoms. The van der Waals surface area contributed by atoms with Crippen LogP contribution in [0.3, 0.4) is 0 Å². The number of hydrogen-bond donors (Lipinski definition) is 1. The molecular formula is C24H26F3N5O3. The SMILES string of the molecule is CCn1ncc2c(NC3CCOCC3)c(C(=O)N3CCc4cc(OC)c(C(F)(F)F)cc43)cnc21. The molecule has 11 heteroatoms. The van der Waals surface area contributed by atoms with E-state index in [1.807, 2.05) is 6.92 Å². The van der Waals surface area contributed by atoms with Crippen LogP contribution in [0.4, 0.5) is 24.5 Å². The zero-order valence-electron chi connectivity index (χ0n) is 19.5. The van der Waals surface area contributed by atoms with Crippen LogP contribution < -0.4 is 15.0 Å². The first-order valence-electron chi connectivity index (χ1n) is 11.6. The third kappa shape index (κ3) is 4.18. The second-order valence-electron chi connectivity index (χ2n) is 8.66. The van der Waals surface area contributed by atoms with Gasteiger partial charge in [-0.15, -0.1) is 0 Å². The maximum absolute atomic E-state index is 13.8. The first-order chi connectivity index (χ1) is 16.8. The molecule has 2 aliphatic heterocycles. The van der Waals surface area contributed by atoms with Crippen LogP contribution in [-0.4, -0.2) is 53.6 Å². The third-order valence-electron chi connectivity index (χ3n) is 6.61. The molecular weight excluding hydrogens is 463 g/mol. The molecule has 186 valence electrons. The van der Waals surface area contributed by atoms with Crippen molar-refractivity contribution in [2.75, 3.05) is 37.1 Å². The summed E-state index contributed by atoms with van der Waals surface area (Å²) < 4.78 is 53.2. The summed E-state index contributed by atoms with van der Waals surface area (Å²) in [5, 5.41) is 8.58. The molecule has 3 aromatic rings. The number of amides is 1. The van der Waals surface area contributed by atoms with Crippen LogP contribution in [0.2, 0.25) is 0 Å². The maximum Gasteiger partial charge on any atom is 0.420 e. The van der Waals surface area contributed by atoms with Crippen LogP contribution in [0.15, 0.2) is 24.5 Å². The summed E-state index contributed by atoms with van der Waals surface area (Å²) in [5.41, 5.74) is 1.52. The first-order valence-corrected chi connectivity index (χ1v) is 11.6. The van der Waals surface area contributed by atoms with E-state index in [1.54, 1.807) is 10.9 Å². The Morgan fingerprint density at radius 1 is 1.26 bits per heavy atom. The van der Waals surface area contributed by atoms with Crippen molar-refractivity contribution in [1.82, 2.24) is 14.8 Å². The number of hydrogen-bond acceptors (Lipinski definition) is 6. The number of nitrogens with one attached hydrogen (secondary N) is 1. The Kier molecular flexibility index (Phi) is 6.04. The highest BCUT2D eigenvalue weighted by Gasteiger charge is 2.38. The fraction of sp³-hybridized carbons (Fsp3) is 0.458. The topological polar surface area (TPSA) is 81.5 Å². The van der Waals surface area contributed by atoms with Gasteiger partial charge in [0.05, 0.1) is 35.5 Å². The van der Waals surface area contributed by atoms with Crippen molar-refractivity contribution in [2.45, 2.75) is 44.9 Å². The first kappa shape index (κ1) is 23.4. The summed E-state index contributed by atoms with van der Waals surface area (Å²) in [5.74, 6) is -0.655. The molecule has 8 nitrogen and oxygen atoms in total. The molecule has 1 saturated heterocycles. The number of ether oxygens (including phenoxy) is 2. The van der Waals surface area contributed by atoms with Crippen molar-refractivity contribution in [3.8, 4) is 5.75 Å². The van der Waals surface area contributed by atoms with Crippen LogP contribution in [0.5, 0.6) is 5.75 Å². The highest BCUT2D eigenvalue weighted by atomic mass is 19.4. The largest absolute Gasteiger partial charge is 0.496 e. The molecule has 0 atom stereocenters. The molecule has 0 bridgehead atoms. The van der Waals surface area contributed by atoms with Gasteiger partial charge in [-0.2, -0.15) is 18.3 Å². The number of pyridine rings is 1. The molecule has 0 radical (unpaired) electrons. The lowest BCUT2D eigenvalue weighted by atomic mass is 10.1. The summed E-state index contributed by atoms with van der Waals surface area (Å²) in [4.78, 5) is 19.7. The van der Waals surface area contributed by atoms with E-state index in [4.69, 9.17) is 9.47 Å². The number of anilines is 2. The lowest BCUT2D eigenvalue weighted by Crippen LogP contribution is -2.32. The minimum absolute atomic E-state index is 0.0952. The van der Waals surface area contributed by atoms with Crippen LogP contribution in [-0.2, 0) is 23.9 Å². The number of alkyl halides is 3. The molecule has 1 N–H and O–H groups in total. The van der Waals surface area contributed by atoms with Gasteiger partial charge in [0.2, 0.25) is 0 Å². The monoisotopic (exact) mass is 489 g/mol. The van der Waals surface area contributed by atoms with Crippen LogP contribution >= 0.6 is 0 Å². The van der Waals surface area contributed by atoms with Gasteiger partial charge in [-0.3, -0.25) is 4.79 Å². The van der Waals surface area contributed by atoms with Crippen LogP contribution in [0.25, 0.3) is 11.0 Å². The molecule has 0 saturated carbocycles. The van der Waals surface area contributed by atoms with E-state index in [9.17, 15) is 18.0 Å². The smallest absolute Gasteiger partial charge is 0.420 e. The second kappa shape index (κ2) is 9.03. The molecule has 5 rings (SSSR count). The molecule has 0 unspecified atom stereocenters. The van der Waals surface area contributed by atoms with Crippen LogP contribution in [0.1, 0.15) is 41.3 Å². The molecule has 4 heterocycles. The van der Waals surface area contributed by atoms with Gasteiger partial charge in [-0.05, 0) is 43.9 Å². The van der Waals surface area contributed by atoms with E-state index in [0.29, 0.717) is 54.0 Å². The van der Waals surface area contributed by atoms with Gasteiger partial charge in [0.15, 0.2) is 5.65 Å².